The quantitative estimate of drug-likeness (QED) is 0.333. The van der Waals surface area contributed by atoms with Crippen LogP contribution in [0.15, 0.2) is 35.9 Å². The normalized spacial score (nSPS) is 14.1. The maximum atomic E-state index is 11.4. The molecule has 122 valence electrons. The molecule has 2 atom stereocenters. The lowest BCUT2D eigenvalue weighted by Gasteiger charge is -2.19. The number of aliphatic hydroxyl groups is 1. The number of nitrogens with zero attached hydrogens (tertiary/aromatic N) is 2. The Morgan fingerprint density at radius 3 is 2.52 bits per heavy atom. The van der Waals surface area contributed by atoms with Crippen molar-refractivity contribution in [1.82, 2.24) is 0 Å². The summed E-state index contributed by atoms with van der Waals surface area (Å²) in [4.78, 5) is 10.4. The van der Waals surface area contributed by atoms with Crippen LogP contribution in [0.1, 0.15) is 18.4 Å². The third kappa shape index (κ3) is 4.55. The van der Waals surface area contributed by atoms with Crippen LogP contribution in [0.25, 0.3) is 0 Å². The molecule has 1 aromatic carbocycles. The number of aliphatic hydroxyl groups excluding tert-OH is 1. The average molecular weight is 356 g/mol. The van der Waals surface area contributed by atoms with Crippen LogP contribution in [0.2, 0.25) is 5.02 Å². The average Bonchev–Trinajstić information content (AvgIpc) is 2.47. The number of ether oxygens (including phenoxy) is 1. The first-order valence-corrected chi connectivity index (χ1v) is 7.26. The van der Waals surface area contributed by atoms with Crippen LogP contribution in [0.3, 0.4) is 0 Å². The summed E-state index contributed by atoms with van der Waals surface area (Å²) in [6.45, 7) is 1.57. The number of hydrogen-bond donors (Lipinski definition) is 2. The van der Waals surface area contributed by atoms with E-state index in [1.165, 1.54) is 24.3 Å². The van der Waals surface area contributed by atoms with Gasteiger partial charge in [-0.3, -0.25) is 10.1 Å². The summed E-state index contributed by atoms with van der Waals surface area (Å²) < 4.78 is 4.84. The molecule has 23 heavy (non-hydrogen) atoms. The van der Waals surface area contributed by atoms with E-state index in [4.69, 9.17) is 34.3 Å². The Bertz CT molecular complexity index is 670. The Balaban J connectivity index is 3.58. The van der Waals surface area contributed by atoms with Crippen LogP contribution < -0.4 is 5.73 Å². The molecule has 0 spiro atoms. The molecule has 0 aliphatic heterocycles. The van der Waals surface area contributed by atoms with Gasteiger partial charge < -0.3 is 15.6 Å². The third-order valence-electron chi connectivity index (χ3n) is 3.00. The summed E-state index contributed by atoms with van der Waals surface area (Å²) in [6.07, 6.45) is 0. The zero-order valence-corrected chi connectivity index (χ0v) is 13.7. The zero-order chi connectivity index (χ0) is 17.6. The van der Waals surface area contributed by atoms with Crippen LogP contribution in [-0.2, 0) is 4.74 Å². The maximum Gasteiger partial charge on any atom is 0.354 e. The van der Waals surface area contributed by atoms with Crippen molar-refractivity contribution < 1.29 is 14.8 Å². The van der Waals surface area contributed by atoms with Crippen molar-refractivity contribution in [3.05, 3.63) is 56.6 Å². The second-order valence-corrected chi connectivity index (χ2v) is 5.33. The van der Waals surface area contributed by atoms with Crippen molar-refractivity contribution in [2.75, 3.05) is 6.61 Å². The van der Waals surface area contributed by atoms with Gasteiger partial charge >= 0.3 is 11.6 Å². The highest BCUT2D eigenvalue weighted by molar-refractivity contribution is 7.80. The molecule has 0 unspecified atom stereocenters. The van der Waals surface area contributed by atoms with Crippen molar-refractivity contribution in [3.63, 3.8) is 0 Å². The van der Waals surface area contributed by atoms with E-state index in [-0.39, 0.29) is 11.6 Å². The van der Waals surface area contributed by atoms with E-state index in [0.717, 1.165) is 0 Å². The molecule has 0 radical (unpaired) electrons. The molecule has 0 aliphatic carbocycles. The van der Waals surface area contributed by atoms with Gasteiger partial charge in [0.1, 0.15) is 11.8 Å². The molecular formula is C14H14ClN3O4S. The number of halogens is 1. The van der Waals surface area contributed by atoms with Gasteiger partial charge in [0.25, 0.3) is 0 Å². The lowest BCUT2D eigenvalue weighted by molar-refractivity contribution is -0.436. The largest absolute Gasteiger partial charge is 0.476 e. The van der Waals surface area contributed by atoms with Gasteiger partial charge in [0.2, 0.25) is 0 Å². The molecule has 1 rings (SSSR count). The number of rotatable bonds is 7. The highest BCUT2D eigenvalue weighted by Crippen LogP contribution is 2.35. The molecule has 7 nitrogen and oxygen atoms in total. The van der Waals surface area contributed by atoms with Crippen molar-refractivity contribution >= 4 is 28.8 Å². The second-order valence-electron chi connectivity index (χ2n) is 4.42. The predicted octanol–water partition coefficient (Wildman–Crippen LogP) is 2.89. The zero-order valence-electron chi connectivity index (χ0n) is 12.1. The van der Waals surface area contributed by atoms with E-state index >= 15 is 0 Å². The number of benzene rings is 1. The van der Waals surface area contributed by atoms with E-state index in [1.54, 1.807) is 6.92 Å². The monoisotopic (exact) mass is 355 g/mol. The minimum Gasteiger partial charge on any atom is -0.476 e. The van der Waals surface area contributed by atoms with E-state index in [9.17, 15) is 20.5 Å². The minimum atomic E-state index is -1.20. The Morgan fingerprint density at radius 2 is 2.13 bits per heavy atom. The SMILES string of the molecule is CCO/C(O)=C(/[C@@H](c1ccc(Cl)cc1)[C@H](C#N)C(N)=S)[N+](=O)[O-]. The lowest BCUT2D eigenvalue weighted by Crippen LogP contribution is -2.30. The van der Waals surface area contributed by atoms with Crippen molar-refractivity contribution in [2.45, 2.75) is 12.8 Å². The minimum absolute atomic E-state index is 0.0147. The standard InChI is InChI=1S/C14H14ClN3O4S/c1-2-22-14(19)12(18(20)21)11(10(7-16)13(17)23)8-3-5-9(15)6-4-8/h3-6,10-11,19H,2H2,1H3,(H2,17,23)/b14-12-/t10-,11-/m0/s1. The summed E-state index contributed by atoms with van der Waals surface area (Å²) in [5.41, 5.74) is 5.21. The van der Waals surface area contributed by atoms with Crippen molar-refractivity contribution in [1.29, 1.82) is 5.26 Å². The van der Waals surface area contributed by atoms with Crippen LogP contribution in [0, 0.1) is 27.4 Å². The number of nitriles is 1. The van der Waals surface area contributed by atoms with Crippen molar-refractivity contribution in [2.24, 2.45) is 11.7 Å². The number of allylic oxidation sites excluding steroid dienone is 1. The number of thiocarbonyl (C=S) groups is 1. The molecule has 9 heteroatoms. The van der Waals surface area contributed by atoms with Gasteiger partial charge in [-0.05, 0) is 24.6 Å². The van der Waals surface area contributed by atoms with Gasteiger partial charge in [-0.1, -0.05) is 36.0 Å². The predicted molar refractivity (Wildman–Crippen MR) is 88.4 cm³/mol. The summed E-state index contributed by atoms with van der Waals surface area (Å²) >= 11 is 10.6. The molecular weight excluding hydrogens is 342 g/mol. The molecule has 0 heterocycles. The summed E-state index contributed by atoms with van der Waals surface area (Å²) in [5, 5.41) is 31.0. The van der Waals surface area contributed by atoms with Crippen LogP contribution in [-0.4, -0.2) is 21.6 Å². The first-order chi connectivity index (χ1) is 10.8. The fraction of sp³-hybridized carbons (Fsp3) is 0.286. The molecule has 1 aromatic rings. The molecule has 0 bridgehead atoms. The summed E-state index contributed by atoms with van der Waals surface area (Å²) in [7, 11) is 0. The fourth-order valence-corrected chi connectivity index (χ4v) is 2.33. The molecule has 0 fully saturated rings. The van der Waals surface area contributed by atoms with Gasteiger partial charge in [0.15, 0.2) is 0 Å². The smallest absolute Gasteiger partial charge is 0.354 e. The van der Waals surface area contributed by atoms with Crippen LogP contribution in [0.5, 0.6) is 0 Å². The summed E-state index contributed by atoms with van der Waals surface area (Å²) in [6, 6.07) is 7.85. The van der Waals surface area contributed by atoms with E-state index in [0.29, 0.717) is 10.6 Å². The number of hydrogen-bond acceptors (Lipinski definition) is 6. The van der Waals surface area contributed by atoms with Crippen molar-refractivity contribution in [3.8, 4) is 6.07 Å². The number of nitrogens with two attached hydrogens (primary N) is 1. The Kier molecular flexibility index (Phi) is 6.75. The van der Waals surface area contributed by atoms with Crippen LogP contribution >= 0.6 is 23.8 Å². The molecule has 3 N–H and O–H groups in total. The van der Waals surface area contributed by atoms with Gasteiger partial charge in [-0.15, -0.1) is 0 Å². The van der Waals surface area contributed by atoms with E-state index < -0.39 is 28.4 Å². The highest BCUT2D eigenvalue weighted by atomic mass is 35.5. The molecule has 0 saturated heterocycles. The lowest BCUT2D eigenvalue weighted by atomic mass is 9.84. The molecule has 0 saturated carbocycles. The Hall–Kier alpha value is -2.37. The third-order valence-corrected chi connectivity index (χ3v) is 3.51. The fourth-order valence-electron chi connectivity index (χ4n) is 2.02. The van der Waals surface area contributed by atoms with E-state index in [2.05, 4.69) is 0 Å². The maximum absolute atomic E-state index is 11.4. The van der Waals surface area contributed by atoms with Gasteiger partial charge in [0, 0.05) is 5.02 Å². The van der Waals surface area contributed by atoms with Crippen LogP contribution in [0.4, 0.5) is 0 Å². The van der Waals surface area contributed by atoms with Gasteiger partial charge in [0.05, 0.1) is 22.6 Å². The summed E-state index contributed by atoms with van der Waals surface area (Å²) in [5.74, 6) is -3.28. The van der Waals surface area contributed by atoms with Gasteiger partial charge in [-0.25, -0.2) is 0 Å². The Labute approximate surface area is 143 Å². The number of nitro groups is 1. The van der Waals surface area contributed by atoms with E-state index in [1.807, 2.05) is 6.07 Å². The van der Waals surface area contributed by atoms with Gasteiger partial charge in [-0.2, -0.15) is 5.26 Å². The molecule has 0 aliphatic rings. The molecule has 0 amide bonds. The first-order valence-electron chi connectivity index (χ1n) is 6.48. The first kappa shape index (κ1) is 18.7. The molecule has 0 aromatic heterocycles. The topological polar surface area (TPSA) is 122 Å². The second kappa shape index (κ2) is 8.31. The highest BCUT2D eigenvalue weighted by Gasteiger charge is 2.40. The Morgan fingerprint density at radius 1 is 1.57 bits per heavy atom.